The van der Waals surface area contributed by atoms with Gasteiger partial charge in [0.15, 0.2) is 0 Å². The van der Waals surface area contributed by atoms with Gasteiger partial charge in [0.2, 0.25) is 0 Å². The second-order valence-corrected chi connectivity index (χ2v) is 6.22. The van der Waals surface area contributed by atoms with E-state index in [1.54, 1.807) is 0 Å². The molecule has 262 valence electrons. The molecule has 0 aromatic rings. The summed E-state index contributed by atoms with van der Waals surface area (Å²) in [5.41, 5.74) is -1.74. The van der Waals surface area contributed by atoms with E-state index in [-0.39, 0.29) is 147 Å². The molecule has 0 aliphatic heterocycles. The Hall–Kier alpha value is -1.98. The van der Waals surface area contributed by atoms with Gasteiger partial charge in [-0.05, 0) is 19.8 Å². The summed E-state index contributed by atoms with van der Waals surface area (Å²) < 4.78 is 0. The molecule has 0 heterocycles. The van der Waals surface area contributed by atoms with Crippen molar-refractivity contribution in [2.75, 3.05) is 0 Å². The minimum atomic E-state index is -1.82. The summed E-state index contributed by atoms with van der Waals surface area (Å²) in [6.45, 7) is 3.89. The van der Waals surface area contributed by atoms with Gasteiger partial charge < -0.3 is 71.7 Å². The van der Waals surface area contributed by atoms with Crippen LogP contribution < -0.4 is 104 Å². The van der Waals surface area contributed by atoms with Gasteiger partial charge in [-0.3, -0.25) is 14.4 Å². The average Bonchev–Trinajstić information content (AvgIpc) is 2.68. The van der Waals surface area contributed by atoms with Gasteiger partial charge in [-0.15, -0.1) is 0 Å². The first kappa shape index (κ1) is 96.7. The van der Waals surface area contributed by atoms with E-state index in [1.807, 2.05) is 0 Å². The topological polar surface area (TPSA) is 436 Å². The largest absolute Gasteiger partial charge is 1.00 e. The van der Waals surface area contributed by atoms with Crippen LogP contribution in [0.15, 0.2) is 0 Å². The Morgan fingerprint density at radius 3 is 0.935 bits per heavy atom. The number of hydrogen-bond donors (Lipinski definition) is 5. The maximum Gasteiger partial charge on any atom is 1.00 e. The molecule has 1 atom stereocenters. The van der Waals surface area contributed by atoms with E-state index >= 15 is 0 Å². The fourth-order valence-electron chi connectivity index (χ4n) is 1.21. The maximum atomic E-state index is 10.6. The maximum absolute atomic E-state index is 10.6. The van der Waals surface area contributed by atoms with E-state index < -0.39 is 78.3 Å². The predicted molar refractivity (Wildman–Crippen MR) is 137 cm³/mol. The van der Waals surface area contributed by atoms with Crippen LogP contribution in [-0.4, -0.2) is 95.9 Å². The van der Waals surface area contributed by atoms with E-state index in [0.29, 0.717) is 0 Å². The number of aliphatic carboxylic acids is 8. The normalized spacial score (nSPS) is 7.46. The zero-order valence-electron chi connectivity index (χ0n) is 23.4. The second-order valence-electron chi connectivity index (χ2n) is 6.22. The molecule has 0 rings (SSSR count). The van der Waals surface area contributed by atoms with Crippen LogP contribution in [0.2, 0.25) is 0 Å². The molecule has 0 radical (unpaired) electrons. The Morgan fingerprint density at radius 1 is 0.652 bits per heavy atom. The molecule has 46 heavy (non-hydrogen) atoms. The van der Waals surface area contributed by atoms with Gasteiger partial charge in [-0.2, -0.15) is 9.59 Å². The van der Waals surface area contributed by atoms with Crippen molar-refractivity contribution in [1.82, 2.24) is 0 Å². The minimum Gasteiger partial charge on any atom is -0.550 e. The number of carbonyl (C=O) groups excluding carboxylic acids is 5. The number of carbonyl (C=O) groups is 8. The number of carboxylic acids is 8. The van der Waals surface area contributed by atoms with Crippen molar-refractivity contribution in [3.63, 3.8) is 0 Å². The molecule has 0 aromatic heterocycles. The Bertz CT molecular complexity index is 800. The van der Waals surface area contributed by atoms with Crippen LogP contribution in [0.25, 0.3) is 0 Å². The predicted octanol–water partition coefficient (Wildman–Crippen LogP) is -13.7. The van der Waals surface area contributed by atoms with Crippen molar-refractivity contribution in [2.45, 2.75) is 76.2 Å². The second kappa shape index (κ2) is 58.5. The van der Waals surface area contributed by atoms with Crippen molar-refractivity contribution >= 4 is 53.9 Å². The van der Waals surface area contributed by atoms with E-state index in [9.17, 15) is 44.1 Å². The Morgan fingerprint density at radius 2 is 0.870 bits per heavy atom. The fourth-order valence-corrected chi connectivity index (χ4v) is 1.21. The standard InChI is InChI=1S/C7H10O6.C5H8O4.C3H6O2.C2H2O4.CO2.4CH4.3Na.3H2O/c1-7(6(12)13,2-4(8)9)3-5(10)11;1-3(5(8)9)2-4(6)7;1-2-3(4)5;3-1(4)2(5)6;2-1-3;;;;;;;;;;/h2-3H2,1H3,(H,8,9)(H,10,11)(H,12,13);3H,2H2,1H3,(H,6,7)(H,8,9);2H2,1H3,(H,4,5);(H,3,4)(H,5,6);;4*1H4;;;;3*1H2/q;;;;;;;;;3*+1;;;/p-3. The first-order valence-electron chi connectivity index (χ1n) is 8.87. The molecule has 0 aromatic carbocycles. The molecule has 11 N–H and O–H groups in total. The summed E-state index contributed by atoms with van der Waals surface area (Å²) in [4.78, 5) is 94.3. The molecule has 21 nitrogen and oxygen atoms in total. The molecule has 0 bridgehead atoms. The van der Waals surface area contributed by atoms with Crippen LogP contribution in [0.3, 0.4) is 0 Å². The first-order valence-corrected chi connectivity index (χ1v) is 8.87. The average molecular weight is 715 g/mol. The Balaban J connectivity index is -0.0000000202. The molecule has 0 aliphatic rings. The molecular formula is C22H45Na3O21. The van der Waals surface area contributed by atoms with Crippen molar-refractivity contribution in [3.05, 3.63) is 0 Å². The molecule has 24 heteroatoms. The summed E-state index contributed by atoms with van der Waals surface area (Å²) in [5.74, 6) is -12.4. The third-order valence-corrected chi connectivity index (χ3v) is 2.95. The minimum absolute atomic E-state index is 0. The molecule has 0 aliphatic carbocycles. The van der Waals surface area contributed by atoms with Crippen LogP contribution in [0.4, 0.5) is 0 Å². The zero-order valence-corrected chi connectivity index (χ0v) is 29.4. The monoisotopic (exact) mass is 714 g/mol. The Labute approximate surface area is 332 Å². The molecule has 0 spiro atoms. The van der Waals surface area contributed by atoms with Gasteiger partial charge in [0.05, 0.1) is 18.3 Å². The van der Waals surface area contributed by atoms with Crippen molar-refractivity contribution in [3.8, 4) is 0 Å². The number of rotatable bonds is 9. The molecule has 0 amide bonds. The van der Waals surface area contributed by atoms with Gasteiger partial charge in [0, 0.05) is 23.8 Å². The van der Waals surface area contributed by atoms with E-state index in [4.69, 9.17) is 44.7 Å². The SMILES string of the molecule is C.C.C.C.CC(CC(=O)O)(CC(=O)O)C(=O)O.CC(CC(=O)[O-])C(=O)[O-].CCC(=O)[O-].O.O.O.O=C(O)C(=O)O.O=C=O.[Na+].[Na+].[Na+]. The van der Waals surface area contributed by atoms with Crippen LogP contribution in [0, 0.1) is 11.3 Å². The van der Waals surface area contributed by atoms with Gasteiger partial charge in [-0.1, -0.05) is 43.6 Å². The summed E-state index contributed by atoms with van der Waals surface area (Å²) in [7, 11) is 0. The molecule has 0 saturated carbocycles. The van der Waals surface area contributed by atoms with Gasteiger partial charge in [0.1, 0.15) is 0 Å². The first-order chi connectivity index (χ1) is 16.1. The van der Waals surface area contributed by atoms with Crippen molar-refractivity contribution in [2.24, 2.45) is 11.3 Å². The van der Waals surface area contributed by atoms with Gasteiger partial charge >= 0.3 is 125 Å². The number of hydrogen-bond acceptors (Lipinski definition) is 13. The van der Waals surface area contributed by atoms with Crippen LogP contribution in [-0.2, 0) is 47.9 Å². The summed E-state index contributed by atoms with van der Waals surface area (Å²) in [6, 6.07) is 0. The van der Waals surface area contributed by atoms with Crippen molar-refractivity contribution in [1.29, 1.82) is 0 Å². The quantitative estimate of drug-likeness (QED) is 0.109. The third kappa shape index (κ3) is 90.1. The van der Waals surface area contributed by atoms with Crippen LogP contribution in [0.1, 0.15) is 76.2 Å². The summed E-state index contributed by atoms with van der Waals surface area (Å²) >= 11 is 0. The molecule has 0 saturated heterocycles. The molecular weight excluding hydrogens is 669 g/mol. The van der Waals surface area contributed by atoms with Crippen molar-refractivity contribution < 1.29 is 194 Å². The van der Waals surface area contributed by atoms with E-state index in [0.717, 1.165) is 6.92 Å². The smallest absolute Gasteiger partial charge is 0.550 e. The zero-order chi connectivity index (χ0) is 30.2. The van der Waals surface area contributed by atoms with Gasteiger partial charge in [0.25, 0.3) is 0 Å². The van der Waals surface area contributed by atoms with Crippen LogP contribution >= 0.6 is 0 Å². The summed E-state index contributed by atoms with van der Waals surface area (Å²) in [6.07, 6.45) is -1.52. The third-order valence-electron chi connectivity index (χ3n) is 2.95. The van der Waals surface area contributed by atoms with E-state index in [1.165, 1.54) is 13.8 Å². The molecule has 1 unspecified atom stereocenters. The van der Waals surface area contributed by atoms with Gasteiger partial charge in [-0.25, -0.2) is 9.59 Å². The molecule has 0 fully saturated rings. The van der Waals surface area contributed by atoms with Crippen LogP contribution in [0.5, 0.6) is 0 Å². The fraction of sp³-hybridized carbons (Fsp3) is 0.591. The Kier molecular flexibility index (Phi) is 123. The number of carboxylic acid groups (broad SMARTS) is 8. The van der Waals surface area contributed by atoms with E-state index in [2.05, 4.69) is 0 Å². The summed E-state index contributed by atoms with van der Waals surface area (Å²) in [5, 5.41) is 68.9.